The summed E-state index contributed by atoms with van der Waals surface area (Å²) in [5, 5.41) is 13.8. The summed E-state index contributed by atoms with van der Waals surface area (Å²) in [5.74, 6) is -0.290. The van der Waals surface area contributed by atoms with Gasteiger partial charge in [0.2, 0.25) is 0 Å². The Bertz CT molecular complexity index is 1060. The van der Waals surface area contributed by atoms with E-state index in [1.807, 2.05) is 61.5 Å². The number of ketones is 2. The number of aryl methyl sites for hydroxylation is 1. The van der Waals surface area contributed by atoms with Crippen LogP contribution in [0.1, 0.15) is 48.2 Å². The van der Waals surface area contributed by atoms with Gasteiger partial charge in [-0.3, -0.25) is 9.59 Å². The van der Waals surface area contributed by atoms with Crippen LogP contribution >= 0.6 is 11.8 Å². The predicted octanol–water partition coefficient (Wildman–Crippen LogP) is 5.15. The minimum atomic E-state index is -0.434. The zero-order chi connectivity index (χ0) is 21.7. The minimum absolute atomic E-state index is 0.00417. The number of nitriles is 1. The third-order valence-electron chi connectivity index (χ3n) is 5.19. The number of allylic oxidation sites excluding steroid dienone is 3. The highest BCUT2D eigenvalue weighted by Gasteiger charge is 2.33. The summed E-state index contributed by atoms with van der Waals surface area (Å²) >= 11 is 1.31. The highest BCUT2D eigenvalue weighted by atomic mass is 32.2. The summed E-state index contributed by atoms with van der Waals surface area (Å²) in [6, 6.07) is 19.5. The Morgan fingerprint density at radius 2 is 1.77 bits per heavy atom. The van der Waals surface area contributed by atoms with Crippen LogP contribution in [0, 0.1) is 11.3 Å². The molecule has 0 spiro atoms. The molecule has 1 aliphatic rings. The molecule has 30 heavy (non-hydrogen) atoms. The molecule has 0 fully saturated rings. The van der Waals surface area contributed by atoms with E-state index in [-0.39, 0.29) is 17.3 Å². The molecule has 2 aromatic rings. The second-order valence-electron chi connectivity index (χ2n) is 7.18. The number of thioether (sulfide) groups is 1. The fraction of sp³-hybridized carbons (Fsp3) is 0.240. The first-order valence-corrected chi connectivity index (χ1v) is 10.9. The zero-order valence-corrected chi connectivity index (χ0v) is 18.2. The minimum Gasteiger partial charge on any atom is -0.353 e. The third kappa shape index (κ3) is 4.55. The summed E-state index contributed by atoms with van der Waals surface area (Å²) in [6.07, 6.45) is 0.927. The molecule has 1 aliphatic heterocycles. The van der Waals surface area contributed by atoms with Gasteiger partial charge in [-0.1, -0.05) is 73.3 Å². The van der Waals surface area contributed by atoms with Crippen LogP contribution in [0.25, 0.3) is 0 Å². The largest absolute Gasteiger partial charge is 0.353 e. The first kappa shape index (κ1) is 21.6. The van der Waals surface area contributed by atoms with Crippen molar-refractivity contribution in [3.05, 3.63) is 93.2 Å². The topological polar surface area (TPSA) is 70.0 Å². The lowest BCUT2D eigenvalue weighted by molar-refractivity contribution is -0.113. The number of hydrogen-bond acceptors (Lipinski definition) is 5. The monoisotopic (exact) mass is 416 g/mol. The molecular formula is C25H24N2O2S. The number of dihydropyridines is 1. The van der Waals surface area contributed by atoms with Crippen molar-refractivity contribution >= 4 is 23.3 Å². The van der Waals surface area contributed by atoms with E-state index in [1.54, 1.807) is 0 Å². The van der Waals surface area contributed by atoms with E-state index >= 15 is 0 Å². The molecule has 0 bridgehead atoms. The van der Waals surface area contributed by atoms with Crippen LogP contribution in [0.4, 0.5) is 0 Å². The van der Waals surface area contributed by atoms with E-state index in [1.165, 1.54) is 24.2 Å². The highest BCUT2D eigenvalue weighted by molar-refractivity contribution is 8.03. The Kier molecular flexibility index (Phi) is 6.91. The van der Waals surface area contributed by atoms with Crippen LogP contribution in [0.15, 0.2) is 76.5 Å². The standard InChI is InChI=1S/C25H24N2O2S/c1-4-18-10-12-19(13-11-18)22(29)15-30-25-21(14-26)24(20-8-6-5-7-9-20)23(17(3)28)16(2)27-25/h5-13,24,27H,4,15H2,1-3H3/t24-/m0/s1. The van der Waals surface area contributed by atoms with Crippen LogP contribution < -0.4 is 5.32 Å². The first-order chi connectivity index (χ1) is 14.5. The van der Waals surface area contributed by atoms with Crippen molar-refractivity contribution in [2.24, 2.45) is 0 Å². The van der Waals surface area contributed by atoms with Crippen LogP contribution in [0.2, 0.25) is 0 Å². The van der Waals surface area contributed by atoms with Crippen molar-refractivity contribution in [2.75, 3.05) is 5.75 Å². The molecule has 4 nitrogen and oxygen atoms in total. The fourth-order valence-corrected chi connectivity index (χ4v) is 4.61. The van der Waals surface area contributed by atoms with E-state index < -0.39 is 5.92 Å². The van der Waals surface area contributed by atoms with Gasteiger partial charge in [-0.15, -0.1) is 0 Å². The molecule has 0 saturated heterocycles. The maximum atomic E-state index is 12.7. The van der Waals surface area contributed by atoms with Crippen molar-refractivity contribution in [1.29, 1.82) is 5.26 Å². The van der Waals surface area contributed by atoms with Gasteiger partial charge in [0.1, 0.15) is 0 Å². The molecule has 1 atom stereocenters. The van der Waals surface area contributed by atoms with Crippen LogP contribution in [0.3, 0.4) is 0 Å². The molecule has 3 rings (SSSR count). The van der Waals surface area contributed by atoms with Gasteiger partial charge in [0.25, 0.3) is 0 Å². The Hall–Kier alpha value is -3.10. The lowest BCUT2D eigenvalue weighted by Gasteiger charge is -2.29. The zero-order valence-electron chi connectivity index (χ0n) is 17.4. The van der Waals surface area contributed by atoms with Crippen LogP contribution in [0.5, 0.6) is 0 Å². The Morgan fingerprint density at radius 1 is 1.10 bits per heavy atom. The molecule has 0 aromatic heterocycles. The number of nitrogens with one attached hydrogen (secondary N) is 1. The molecule has 0 radical (unpaired) electrons. The predicted molar refractivity (Wildman–Crippen MR) is 121 cm³/mol. The average Bonchev–Trinajstić information content (AvgIpc) is 2.77. The van der Waals surface area contributed by atoms with Gasteiger partial charge in [0.15, 0.2) is 11.6 Å². The number of carbonyl (C=O) groups is 2. The van der Waals surface area contributed by atoms with Crippen LogP contribution in [-0.2, 0) is 11.2 Å². The van der Waals surface area contributed by atoms with Gasteiger partial charge in [0.05, 0.1) is 28.3 Å². The van der Waals surface area contributed by atoms with E-state index in [2.05, 4.69) is 18.3 Å². The first-order valence-electron chi connectivity index (χ1n) is 9.89. The Balaban J connectivity index is 1.90. The summed E-state index contributed by atoms with van der Waals surface area (Å²) in [7, 11) is 0. The Labute approximate surface area is 181 Å². The molecule has 0 amide bonds. The summed E-state index contributed by atoms with van der Waals surface area (Å²) in [6.45, 7) is 5.44. The molecule has 152 valence electrons. The summed E-state index contributed by atoms with van der Waals surface area (Å²) < 4.78 is 0. The van der Waals surface area contributed by atoms with E-state index in [9.17, 15) is 14.9 Å². The number of nitrogens with zero attached hydrogens (tertiary/aromatic N) is 1. The van der Waals surface area contributed by atoms with Crippen molar-refractivity contribution in [2.45, 2.75) is 33.1 Å². The van der Waals surface area contributed by atoms with Crippen molar-refractivity contribution in [3.8, 4) is 6.07 Å². The van der Waals surface area contributed by atoms with Gasteiger partial charge >= 0.3 is 0 Å². The molecule has 5 heteroatoms. The maximum Gasteiger partial charge on any atom is 0.173 e. The smallest absolute Gasteiger partial charge is 0.173 e. The number of carbonyl (C=O) groups excluding carboxylic acids is 2. The lowest BCUT2D eigenvalue weighted by Crippen LogP contribution is -2.27. The van der Waals surface area contributed by atoms with Crippen molar-refractivity contribution < 1.29 is 9.59 Å². The van der Waals surface area contributed by atoms with Gasteiger partial charge < -0.3 is 5.32 Å². The SMILES string of the molecule is CCc1ccc(C(=O)CSC2=C(C#N)[C@H](c3ccccc3)C(C(C)=O)=C(C)N2)cc1. The quantitative estimate of drug-likeness (QED) is 0.632. The average molecular weight is 417 g/mol. The number of benzene rings is 2. The van der Waals surface area contributed by atoms with E-state index in [0.29, 0.717) is 21.7 Å². The van der Waals surface area contributed by atoms with Crippen molar-refractivity contribution in [3.63, 3.8) is 0 Å². The lowest BCUT2D eigenvalue weighted by atomic mass is 9.81. The number of rotatable bonds is 7. The fourth-order valence-electron chi connectivity index (χ4n) is 3.62. The van der Waals surface area contributed by atoms with Gasteiger partial charge in [-0.2, -0.15) is 5.26 Å². The Morgan fingerprint density at radius 3 is 2.33 bits per heavy atom. The van der Waals surface area contributed by atoms with Crippen LogP contribution in [-0.4, -0.2) is 17.3 Å². The second kappa shape index (κ2) is 9.60. The van der Waals surface area contributed by atoms with E-state index in [0.717, 1.165) is 17.7 Å². The number of Topliss-reactive ketones (excluding diaryl/α,β-unsaturated/α-hetero) is 2. The van der Waals surface area contributed by atoms with Gasteiger partial charge in [0, 0.05) is 16.8 Å². The molecule has 0 unspecified atom stereocenters. The highest BCUT2D eigenvalue weighted by Crippen LogP contribution is 2.40. The summed E-state index contributed by atoms with van der Waals surface area (Å²) in [4.78, 5) is 25.0. The normalized spacial score (nSPS) is 16.1. The molecular weight excluding hydrogens is 392 g/mol. The second-order valence-corrected chi connectivity index (χ2v) is 8.17. The van der Waals surface area contributed by atoms with Gasteiger partial charge in [-0.25, -0.2) is 0 Å². The molecule has 1 N–H and O–H groups in total. The van der Waals surface area contributed by atoms with Crippen molar-refractivity contribution in [1.82, 2.24) is 5.32 Å². The summed E-state index contributed by atoms with van der Waals surface area (Å²) in [5.41, 5.74) is 4.51. The number of hydrogen-bond donors (Lipinski definition) is 1. The molecule has 1 heterocycles. The molecule has 0 saturated carbocycles. The molecule has 0 aliphatic carbocycles. The van der Waals surface area contributed by atoms with Gasteiger partial charge in [-0.05, 0) is 31.4 Å². The maximum absolute atomic E-state index is 12.7. The third-order valence-corrected chi connectivity index (χ3v) is 6.21. The molecule has 2 aromatic carbocycles. The van der Waals surface area contributed by atoms with E-state index in [4.69, 9.17) is 0 Å².